The highest BCUT2D eigenvalue weighted by atomic mass is 19.1. The highest BCUT2D eigenvalue weighted by Gasteiger charge is 2.19. The zero-order valence-corrected chi connectivity index (χ0v) is 18.4. The second-order valence-electron chi connectivity index (χ2n) is 8.10. The maximum absolute atomic E-state index is 14.6. The van der Waals surface area contributed by atoms with E-state index in [1.165, 1.54) is 6.07 Å². The van der Waals surface area contributed by atoms with Gasteiger partial charge >= 0.3 is 0 Å². The van der Waals surface area contributed by atoms with Crippen LogP contribution >= 0.6 is 0 Å². The maximum Gasteiger partial charge on any atom is 0.163 e. The van der Waals surface area contributed by atoms with E-state index in [0.717, 1.165) is 42.6 Å². The van der Waals surface area contributed by atoms with Gasteiger partial charge in [-0.3, -0.25) is 4.98 Å². The molecule has 0 unspecified atom stereocenters. The zero-order chi connectivity index (χ0) is 22.6. The molecule has 0 bridgehead atoms. The lowest BCUT2D eigenvalue weighted by Crippen LogP contribution is -2.21. The Morgan fingerprint density at radius 2 is 1.91 bits per heavy atom. The molecule has 0 spiro atoms. The van der Waals surface area contributed by atoms with Crippen LogP contribution in [0.4, 0.5) is 10.2 Å². The summed E-state index contributed by atoms with van der Waals surface area (Å²) in [7, 11) is 1.81. The molecule has 0 atom stereocenters. The lowest BCUT2D eigenvalue weighted by molar-refractivity contribution is 0.0500. The molecule has 5 rings (SSSR count). The summed E-state index contributed by atoms with van der Waals surface area (Å²) in [5, 5.41) is 3.94. The van der Waals surface area contributed by atoms with Crippen molar-refractivity contribution in [1.82, 2.24) is 15.0 Å². The van der Waals surface area contributed by atoms with Crippen LogP contribution in [0.25, 0.3) is 33.4 Å². The van der Waals surface area contributed by atoms with Gasteiger partial charge < -0.3 is 14.8 Å². The predicted molar refractivity (Wildman–Crippen MR) is 127 cm³/mol. The van der Waals surface area contributed by atoms with E-state index in [0.29, 0.717) is 41.0 Å². The average Bonchev–Trinajstić information content (AvgIpc) is 2.88. The normalized spacial score (nSPS) is 14.4. The van der Waals surface area contributed by atoms with Gasteiger partial charge in [0.05, 0.1) is 6.61 Å². The second-order valence-corrected chi connectivity index (χ2v) is 8.10. The summed E-state index contributed by atoms with van der Waals surface area (Å²) < 4.78 is 26.5. The standard InChI is InChI=1S/C26H25FN4O2/c1-28-26-21-13-19(20-6-2-3-7-22(20)27)14-23(33-16-17-8-11-32-12-9-17)24(21)30-25(31-26)18-5-4-10-29-15-18/h2-7,10,13-15,17H,8-9,11-12,16H2,1H3,(H,28,30,31). The summed E-state index contributed by atoms with van der Waals surface area (Å²) in [5.41, 5.74) is 2.72. The van der Waals surface area contributed by atoms with Gasteiger partial charge in [0.25, 0.3) is 0 Å². The first-order valence-electron chi connectivity index (χ1n) is 11.1. The minimum absolute atomic E-state index is 0.286. The number of nitrogens with one attached hydrogen (secondary N) is 1. The first-order chi connectivity index (χ1) is 16.2. The summed E-state index contributed by atoms with van der Waals surface area (Å²) in [4.78, 5) is 13.7. The van der Waals surface area contributed by atoms with E-state index in [1.54, 1.807) is 24.5 Å². The Kier molecular flexibility index (Phi) is 6.13. The molecule has 168 valence electrons. The molecule has 4 aromatic rings. The van der Waals surface area contributed by atoms with Crippen molar-refractivity contribution in [3.63, 3.8) is 0 Å². The highest BCUT2D eigenvalue weighted by molar-refractivity contribution is 5.97. The van der Waals surface area contributed by atoms with Gasteiger partial charge in [-0.05, 0) is 54.7 Å². The SMILES string of the molecule is CNc1nc(-c2cccnc2)nc2c(OCC3CCOCC3)cc(-c3ccccc3F)cc12. The fourth-order valence-corrected chi connectivity index (χ4v) is 4.10. The third kappa shape index (κ3) is 4.50. The van der Waals surface area contributed by atoms with Gasteiger partial charge in [0.15, 0.2) is 5.82 Å². The number of rotatable bonds is 6. The van der Waals surface area contributed by atoms with Crippen molar-refractivity contribution < 1.29 is 13.9 Å². The molecule has 1 N–H and O–H groups in total. The molecule has 0 radical (unpaired) electrons. The molecule has 2 aromatic heterocycles. The summed E-state index contributed by atoms with van der Waals surface area (Å²) in [5.74, 6) is 1.93. The van der Waals surface area contributed by atoms with Crippen LogP contribution in [0.5, 0.6) is 5.75 Å². The molecule has 3 heterocycles. The molecule has 7 heteroatoms. The van der Waals surface area contributed by atoms with Crippen molar-refractivity contribution >= 4 is 16.7 Å². The number of ether oxygens (including phenoxy) is 2. The smallest absolute Gasteiger partial charge is 0.163 e. The van der Waals surface area contributed by atoms with Gasteiger partial charge in [-0.1, -0.05) is 18.2 Å². The molecule has 33 heavy (non-hydrogen) atoms. The van der Waals surface area contributed by atoms with Gasteiger partial charge in [-0.2, -0.15) is 0 Å². The maximum atomic E-state index is 14.6. The Bertz CT molecular complexity index is 1260. The zero-order valence-electron chi connectivity index (χ0n) is 18.4. The molecule has 0 aliphatic carbocycles. The van der Waals surface area contributed by atoms with Gasteiger partial charge in [0.1, 0.15) is 22.9 Å². The number of hydrogen-bond donors (Lipinski definition) is 1. The fraction of sp³-hybridized carbons (Fsp3) is 0.269. The van der Waals surface area contributed by atoms with E-state index in [4.69, 9.17) is 19.4 Å². The van der Waals surface area contributed by atoms with Crippen molar-refractivity contribution in [3.05, 3.63) is 66.7 Å². The largest absolute Gasteiger partial charge is 0.491 e. The molecule has 0 amide bonds. The van der Waals surface area contributed by atoms with Crippen LogP contribution in [0.3, 0.4) is 0 Å². The molecule has 1 aliphatic rings. The van der Waals surface area contributed by atoms with Crippen molar-refractivity contribution in [1.29, 1.82) is 0 Å². The number of halogens is 1. The molecule has 6 nitrogen and oxygen atoms in total. The summed E-state index contributed by atoms with van der Waals surface area (Å²) in [6.45, 7) is 2.06. The lowest BCUT2D eigenvalue weighted by Gasteiger charge is -2.23. The Balaban J connectivity index is 1.65. The number of hydrogen-bond acceptors (Lipinski definition) is 6. The first kappa shape index (κ1) is 21.3. The van der Waals surface area contributed by atoms with Crippen LogP contribution < -0.4 is 10.1 Å². The predicted octanol–water partition coefficient (Wildman–Crippen LogP) is 5.35. The van der Waals surface area contributed by atoms with Gasteiger partial charge in [-0.25, -0.2) is 14.4 Å². The van der Waals surface area contributed by atoms with Gasteiger partial charge in [0, 0.05) is 49.2 Å². The van der Waals surface area contributed by atoms with Crippen LogP contribution in [-0.2, 0) is 4.74 Å². The monoisotopic (exact) mass is 444 g/mol. The number of anilines is 1. The Labute approximate surface area is 191 Å². The van der Waals surface area contributed by atoms with Crippen LogP contribution in [-0.4, -0.2) is 41.8 Å². The van der Waals surface area contributed by atoms with E-state index in [1.807, 2.05) is 37.4 Å². The van der Waals surface area contributed by atoms with E-state index >= 15 is 0 Å². The molecule has 1 aliphatic heterocycles. The first-order valence-corrected chi connectivity index (χ1v) is 11.1. The molecule has 2 aromatic carbocycles. The van der Waals surface area contributed by atoms with E-state index < -0.39 is 0 Å². The van der Waals surface area contributed by atoms with Crippen molar-refractivity contribution in [2.75, 3.05) is 32.2 Å². The Morgan fingerprint density at radius 3 is 2.67 bits per heavy atom. The topological polar surface area (TPSA) is 69.2 Å². The van der Waals surface area contributed by atoms with Gasteiger partial charge in [0.2, 0.25) is 0 Å². The molecule has 0 saturated carbocycles. The number of pyridine rings is 1. The van der Waals surface area contributed by atoms with Crippen molar-refractivity contribution in [2.45, 2.75) is 12.8 Å². The lowest BCUT2D eigenvalue weighted by atomic mass is 10.0. The van der Waals surface area contributed by atoms with E-state index in [-0.39, 0.29) is 5.82 Å². The minimum atomic E-state index is -0.286. The van der Waals surface area contributed by atoms with Crippen LogP contribution in [0.2, 0.25) is 0 Å². The summed E-state index contributed by atoms with van der Waals surface area (Å²) >= 11 is 0. The van der Waals surface area contributed by atoms with Crippen LogP contribution in [0.15, 0.2) is 60.9 Å². The third-order valence-corrected chi connectivity index (χ3v) is 5.92. The van der Waals surface area contributed by atoms with Crippen molar-refractivity contribution in [3.8, 4) is 28.3 Å². The van der Waals surface area contributed by atoms with Crippen LogP contribution in [0, 0.1) is 11.7 Å². The molecular weight excluding hydrogens is 419 g/mol. The summed E-state index contributed by atoms with van der Waals surface area (Å²) in [6, 6.07) is 14.3. The Hall–Kier alpha value is -3.58. The van der Waals surface area contributed by atoms with Gasteiger partial charge in [-0.15, -0.1) is 0 Å². The fourth-order valence-electron chi connectivity index (χ4n) is 4.10. The number of fused-ring (bicyclic) bond motifs is 1. The highest BCUT2D eigenvalue weighted by Crippen LogP contribution is 2.37. The van der Waals surface area contributed by atoms with Crippen LogP contribution in [0.1, 0.15) is 12.8 Å². The quantitative estimate of drug-likeness (QED) is 0.433. The number of benzene rings is 2. The average molecular weight is 445 g/mol. The summed E-state index contributed by atoms with van der Waals surface area (Å²) in [6.07, 6.45) is 5.37. The second kappa shape index (κ2) is 9.50. The number of nitrogens with zero attached hydrogens (tertiary/aromatic N) is 3. The van der Waals surface area contributed by atoms with Crippen molar-refractivity contribution in [2.24, 2.45) is 5.92 Å². The molecule has 1 fully saturated rings. The van der Waals surface area contributed by atoms with E-state index in [9.17, 15) is 4.39 Å². The van der Waals surface area contributed by atoms with E-state index in [2.05, 4.69) is 10.3 Å². The number of aromatic nitrogens is 3. The minimum Gasteiger partial charge on any atom is -0.491 e. The third-order valence-electron chi connectivity index (χ3n) is 5.92. The molecule has 1 saturated heterocycles. The Morgan fingerprint density at radius 1 is 1.06 bits per heavy atom. The molecular formula is C26H25FN4O2.